The van der Waals surface area contributed by atoms with Gasteiger partial charge in [-0.15, -0.1) is 0 Å². The molecule has 0 bridgehead atoms. The molecule has 1 fully saturated rings. The van der Waals surface area contributed by atoms with E-state index in [1.54, 1.807) is 0 Å². The normalized spacial score (nSPS) is 23.9. The van der Waals surface area contributed by atoms with Crippen molar-refractivity contribution in [3.8, 4) is 0 Å². The highest BCUT2D eigenvalue weighted by Gasteiger charge is 2.63. The molecular formula is C24H38O5. The summed E-state index contributed by atoms with van der Waals surface area (Å²) in [5, 5.41) is 12.0. The van der Waals surface area contributed by atoms with Crippen molar-refractivity contribution in [3.63, 3.8) is 0 Å². The first kappa shape index (κ1) is 23.8. The van der Waals surface area contributed by atoms with Gasteiger partial charge in [-0.1, -0.05) is 57.5 Å². The molecule has 1 aromatic carbocycles. The molecule has 1 saturated heterocycles. The SMILES string of the molecule is CCOC(=O)CCCCOCC(C)(C)[C@]1(O)[C@H](c2cccc(C)c2)OCC1(C)C. The van der Waals surface area contributed by atoms with Crippen molar-refractivity contribution in [1.82, 2.24) is 0 Å². The lowest BCUT2D eigenvalue weighted by Gasteiger charge is -2.49. The van der Waals surface area contributed by atoms with Gasteiger partial charge in [-0.2, -0.15) is 0 Å². The second kappa shape index (κ2) is 9.59. The molecule has 29 heavy (non-hydrogen) atoms. The Kier molecular flexibility index (Phi) is 7.88. The molecular weight excluding hydrogens is 368 g/mol. The minimum Gasteiger partial charge on any atom is -0.466 e. The van der Waals surface area contributed by atoms with Crippen LogP contribution in [-0.2, 0) is 19.0 Å². The Morgan fingerprint density at radius 1 is 1.31 bits per heavy atom. The molecule has 0 aromatic heterocycles. The van der Waals surface area contributed by atoms with Crippen LogP contribution < -0.4 is 0 Å². The predicted octanol–water partition coefficient (Wildman–Crippen LogP) is 4.60. The molecule has 5 nitrogen and oxygen atoms in total. The summed E-state index contributed by atoms with van der Waals surface area (Å²) in [6.45, 7) is 13.9. The van der Waals surface area contributed by atoms with Crippen LogP contribution in [0.15, 0.2) is 24.3 Å². The van der Waals surface area contributed by atoms with Gasteiger partial charge >= 0.3 is 5.97 Å². The van der Waals surface area contributed by atoms with Crippen molar-refractivity contribution in [3.05, 3.63) is 35.4 Å². The zero-order chi connectivity index (χ0) is 21.7. The maximum Gasteiger partial charge on any atom is 0.305 e. The lowest BCUT2D eigenvalue weighted by Crippen LogP contribution is -2.57. The summed E-state index contributed by atoms with van der Waals surface area (Å²) >= 11 is 0. The van der Waals surface area contributed by atoms with Gasteiger partial charge in [0.1, 0.15) is 11.7 Å². The second-order valence-electron chi connectivity index (χ2n) is 9.45. The molecule has 164 valence electrons. The van der Waals surface area contributed by atoms with Gasteiger partial charge in [-0.25, -0.2) is 0 Å². The third-order valence-electron chi connectivity index (χ3n) is 6.09. The molecule has 0 saturated carbocycles. The van der Waals surface area contributed by atoms with Crippen molar-refractivity contribution in [2.24, 2.45) is 10.8 Å². The van der Waals surface area contributed by atoms with Crippen molar-refractivity contribution in [2.45, 2.75) is 72.5 Å². The highest BCUT2D eigenvalue weighted by atomic mass is 16.5. The maximum atomic E-state index is 12.0. The van der Waals surface area contributed by atoms with E-state index in [1.165, 1.54) is 0 Å². The van der Waals surface area contributed by atoms with Crippen LogP contribution in [0.25, 0.3) is 0 Å². The number of ether oxygens (including phenoxy) is 3. The van der Waals surface area contributed by atoms with E-state index in [1.807, 2.05) is 45.9 Å². The van der Waals surface area contributed by atoms with Gasteiger partial charge in [0, 0.05) is 23.9 Å². The maximum absolute atomic E-state index is 12.0. The van der Waals surface area contributed by atoms with Crippen LogP contribution in [0, 0.1) is 17.8 Å². The summed E-state index contributed by atoms with van der Waals surface area (Å²) in [4.78, 5) is 11.4. The fraction of sp³-hybridized carbons (Fsp3) is 0.708. The summed E-state index contributed by atoms with van der Waals surface area (Å²) in [6, 6.07) is 8.17. The monoisotopic (exact) mass is 406 g/mol. The second-order valence-corrected chi connectivity index (χ2v) is 9.45. The number of benzene rings is 1. The number of unbranched alkanes of at least 4 members (excludes halogenated alkanes) is 1. The predicted molar refractivity (Wildman–Crippen MR) is 114 cm³/mol. The van der Waals surface area contributed by atoms with Gasteiger partial charge in [0.05, 0.1) is 19.8 Å². The quantitative estimate of drug-likeness (QED) is 0.454. The van der Waals surface area contributed by atoms with Gasteiger partial charge in [0.15, 0.2) is 0 Å². The van der Waals surface area contributed by atoms with Gasteiger partial charge < -0.3 is 19.3 Å². The topological polar surface area (TPSA) is 65.0 Å². The standard InChI is InChI=1S/C24H38O5/c1-7-28-20(25)13-8-9-14-27-16-22(3,4)24(26)21(29-17-23(24,5)6)19-12-10-11-18(2)15-19/h10-12,15,21,26H,7-9,13-14,16-17H2,1-6H3/t21-,24+/m0/s1. The molecule has 0 unspecified atom stereocenters. The van der Waals surface area contributed by atoms with E-state index in [0.29, 0.717) is 32.8 Å². The molecule has 2 atom stereocenters. The van der Waals surface area contributed by atoms with Crippen LogP contribution in [0.4, 0.5) is 0 Å². The summed E-state index contributed by atoms with van der Waals surface area (Å²) in [5.74, 6) is -0.159. The number of esters is 1. The number of rotatable bonds is 10. The third kappa shape index (κ3) is 5.19. The van der Waals surface area contributed by atoms with Crippen LogP contribution in [-0.4, -0.2) is 43.1 Å². The van der Waals surface area contributed by atoms with E-state index in [-0.39, 0.29) is 5.97 Å². The summed E-state index contributed by atoms with van der Waals surface area (Å²) < 4.78 is 17.0. The van der Waals surface area contributed by atoms with Crippen LogP contribution >= 0.6 is 0 Å². The number of hydrogen-bond acceptors (Lipinski definition) is 5. The van der Waals surface area contributed by atoms with Gasteiger partial charge in [0.2, 0.25) is 0 Å². The molecule has 5 heteroatoms. The van der Waals surface area contributed by atoms with E-state index in [2.05, 4.69) is 19.9 Å². The lowest BCUT2D eigenvalue weighted by atomic mass is 9.59. The number of carbonyl (C=O) groups excluding carboxylic acids is 1. The minimum absolute atomic E-state index is 0.159. The number of hydrogen-bond donors (Lipinski definition) is 1. The minimum atomic E-state index is -1.08. The largest absolute Gasteiger partial charge is 0.466 e. The Balaban J connectivity index is 2.02. The average molecular weight is 407 g/mol. The smallest absolute Gasteiger partial charge is 0.305 e. The van der Waals surface area contributed by atoms with Gasteiger partial charge in [0.25, 0.3) is 0 Å². The highest BCUT2D eigenvalue weighted by Crippen LogP contribution is 2.57. The first-order chi connectivity index (χ1) is 13.5. The van der Waals surface area contributed by atoms with Crippen LogP contribution in [0.2, 0.25) is 0 Å². The third-order valence-corrected chi connectivity index (χ3v) is 6.09. The van der Waals surface area contributed by atoms with E-state index >= 15 is 0 Å². The summed E-state index contributed by atoms with van der Waals surface area (Å²) in [5.41, 5.74) is 0.119. The Labute approximate surface area is 175 Å². The zero-order valence-corrected chi connectivity index (χ0v) is 18.9. The van der Waals surface area contributed by atoms with E-state index in [9.17, 15) is 9.90 Å². The Morgan fingerprint density at radius 2 is 2.03 bits per heavy atom. The lowest BCUT2D eigenvalue weighted by molar-refractivity contribution is -0.177. The van der Waals surface area contributed by atoms with Crippen molar-refractivity contribution in [1.29, 1.82) is 0 Å². The molecule has 1 aliphatic heterocycles. The Morgan fingerprint density at radius 3 is 2.69 bits per heavy atom. The van der Waals surface area contributed by atoms with Crippen LogP contribution in [0.5, 0.6) is 0 Å². The first-order valence-electron chi connectivity index (χ1n) is 10.7. The number of carbonyl (C=O) groups is 1. The molecule has 0 aliphatic carbocycles. The molecule has 1 heterocycles. The van der Waals surface area contributed by atoms with Crippen LogP contribution in [0.3, 0.4) is 0 Å². The fourth-order valence-corrected chi connectivity index (χ4v) is 4.46. The Hall–Kier alpha value is -1.43. The van der Waals surface area contributed by atoms with E-state index in [0.717, 1.165) is 24.0 Å². The van der Waals surface area contributed by atoms with E-state index < -0.39 is 22.5 Å². The molecule has 0 amide bonds. The number of aryl methyl sites for hydroxylation is 1. The molecule has 1 aromatic rings. The molecule has 1 aliphatic rings. The van der Waals surface area contributed by atoms with Crippen molar-refractivity contribution >= 4 is 5.97 Å². The van der Waals surface area contributed by atoms with Gasteiger partial charge in [-0.3, -0.25) is 4.79 Å². The molecule has 0 spiro atoms. The van der Waals surface area contributed by atoms with Crippen LogP contribution in [0.1, 0.15) is 71.1 Å². The molecule has 1 N–H and O–H groups in total. The average Bonchev–Trinajstić information content (AvgIpc) is 2.89. The number of aliphatic hydroxyl groups is 1. The zero-order valence-electron chi connectivity index (χ0n) is 18.9. The van der Waals surface area contributed by atoms with Crippen molar-refractivity contribution < 1.29 is 24.1 Å². The molecule has 0 radical (unpaired) electrons. The van der Waals surface area contributed by atoms with E-state index in [4.69, 9.17) is 14.2 Å². The Bertz CT molecular complexity index is 682. The fourth-order valence-electron chi connectivity index (χ4n) is 4.46. The summed E-state index contributed by atoms with van der Waals surface area (Å²) in [7, 11) is 0. The first-order valence-corrected chi connectivity index (χ1v) is 10.7. The van der Waals surface area contributed by atoms with Gasteiger partial charge in [-0.05, 0) is 32.3 Å². The van der Waals surface area contributed by atoms with Crippen molar-refractivity contribution in [2.75, 3.05) is 26.4 Å². The highest BCUT2D eigenvalue weighted by molar-refractivity contribution is 5.69. The summed E-state index contributed by atoms with van der Waals surface area (Å²) in [6.07, 6.45) is 1.54. The molecule has 2 rings (SSSR count).